The Morgan fingerprint density at radius 3 is 2.90 bits per heavy atom. The van der Waals surface area contributed by atoms with Crippen LogP contribution in [0.3, 0.4) is 0 Å². The minimum Gasteiger partial charge on any atom is -0.384 e. The van der Waals surface area contributed by atoms with Crippen molar-refractivity contribution in [1.29, 1.82) is 0 Å². The lowest BCUT2D eigenvalue weighted by Crippen LogP contribution is -2.35. The highest BCUT2D eigenvalue weighted by Gasteiger charge is 2.18. The van der Waals surface area contributed by atoms with E-state index < -0.39 is 0 Å². The fourth-order valence-corrected chi connectivity index (χ4v) is 3.61. The van der Waals surface area contributed by atoms with Crippen LogP contribution in [0.15, 0.2) is 11.4 Å². The SMILES string of the molecule is CN1CCC(CN(C)Cc2sccc2C#CCO)CC1. The van der Waals surface area contributed by atoms with Gasteiger partial charge in [0.1, 0.15) is 6.61 Å². The van der Waals surface area contributed by atoms with Crippen molar-refractivity contribution in [1.82, 2.24) is 9.80 Å². The van der Waals surface area contributed by atoms with Crippen LogP contribution in [0.4, 0.5) is 0 Å². The Labute approximate surface area is 126 Å². The fraction of sp³-hybridized carbons (Fsp3) is 0.625. The van der Waals surface area contributed by atoms with Crippen LogP contribution in [0.2, 0.25) is 0 Å². The predicted molar refractivity (Wildman–Crippen MR) is 84.8 cm³/mol. The highest BCUT2D eigenvalue weighted by atomic mass is 32.1. The molecule has 1 saturated heterocycles. The zero-order valence-electron chi connectivity index (χ0n) is 12.4. The highest BCUT2D eigenvalue weighted by molar-refractivity contribution is 7.10. The van der Waals surface area contributed by atoms with Crippen molar-refractivity contribution < 1.29 is 5.11 Å². The Balaban J connectivity index is 1.85. The van der Waals surface area contributed by atoms with Gasteiger partial charge in [0.05, 0.1) is 0 Å². The van der Waals surface area contributed by atoms with Crippen molar-refractivity contribution >= 4 is 11.3 Å². The molecule has 1 aromatic rings. The van der Waals surface area contributed by atoms with Gasteiger partial charge in [-0.3, -0.25) is 0 Å². The molecule has 20 heavy (non-hydrogen) atoms. The molecule has 0 bridgehead atoms. The van der Waals surface area contributed by atoms with E-state index in [9.17, 15) is 0 Å². The average molecular weight is 292 g/mol. The predicted octanol–water partition coefficient (Wildman–Crippen LogP) is 1.87. The third kappa shape index (κ3) is 4.60. The standard InChI is InChI=1S/C16H24N2OS/c1-17-8-5-14(6-9-17)12-18(2)13-16-15(4-3-10-19)7-11-20-16/h7,11,14,19H,5-6,8-10,12-13H2,1-2H3. The normalized spacial score (nSPS) is 17.2. The molecule has 0 atom stereocenters. The Bertz CT molecular complexity index is 466. The quantitative estimate of drug-likeness (QED) is 0.858. The average Bonchev–Trinajstić information content (AvgIpc) is 2.86. The lowest BCUT2D eigenvalue weighted by molar-refractivity contribution is 0.174. The topological polar surface area (TPSA) is 26.7 Å². The highest BCUT2D eigenvalue weighted by Crippen LogP contribution is 2.21. The minimum absolute atomic E-state index is 0.0687. The third-order valence-electron chi connectivity index (χ3n) is 3.87. The molecule has 4 heteroatoms. The zero-order valence-corrected chi connectivity index (χ0v) is 13.2. The Kier molecular flexibility index (Phi) is 6.06. The van der Waals surface area contributed by atoms with Crippen molar-refractivity contribution in [2.75, 3.05) is 40.3 Å². The molecular weight excluding hydrogens is 268 g/mol. The maximum atomic E-state index is 8.79. The molecule has 3 nitrogen and oxygen atoms in total. The molecule has 0 radical (unpaired) electrons. The summed E-state index contributed by atoms with van der Waals surface area (Å²) in [6, 6.07) is 2.05. The first-order chi connectivity index (χ1) is 9.69. The van der Waals surface area contributed by atoms with Crippen molar-refractivity contribution in [2.45, 2.75) is 19.4 Å². The molecule has 0 saturated carbocycles. The van der Waals surface area contributed by atoms with Gasteiger partial charge >= 0.3 is 0 Å². The summed E-state index contributed by atoms with van der Waals surface area (Å²) in [5, 5.41) is 10.9. The van der Waals surface area contributed by atoms with Gasteiger partial charge in [0.15, 0.2) is 0 Å². The van der Waals surface area contributed by atoms with E-state index in [-0.39, 0.29) is 6.61 Å². The summed E-state index contributed by atoms with van der Waals surface area (Å²) >= 11 is 1.76. The van der Waals surface area contributed by atoms with Crippen LogP contribution < -0.4 is 0 Å². The Morgan fingerprint density at radius 1 is 1.45 bits per heavy atom. The maximum absolute atomic E-state index is 8.79. The van der Waals surface area contributed by atoms with Gasteiger partial charge in [-0.1, -0.05) is 11.8 Å². The number of hydrogen-bond acceptors (Lipinski definition) is 4. The maximum Gasteiger partial charge on any atom is 0.104 e. The fourth-order valence-electron chi connectivity index (χ4n) is 2.70. The lowest BCUT2D eigenvalue weighted by atomic mass is 9.96. The molecule has 1 N–H and O–H groups in total. The van der Waals surface area contributed by atoms with Gasteiger partial charge in [0, 0.05) is 23.5 Å². The number of likely N-dealkylation sites (tertiary alicyclic amines) is 1. The van der Waals surface area contributed by atoms with E-state index in [1.54, 1.807) is 11.3 Å². The minimum atomic E-state index is -0.0687. The van der Waals surface area contributed by atoms with E-state index in [1.165, 1.54) is 37.4 Å². The molecule has 0 spiro atoms. The van der Waals surface area contributed by atoms with Crippen LogP contribution in [0.5, 0.6) is 0 Å². The molecule has 0 aromatic carbocycles. The number of aliphatic hydroxyl groups excluding tert-OH is 1. The molecule has 1 aliphatic rings. The van der Waals surface area contributed by atoms with Crippen LogP contribution in [0, 0.1) is 17.8 Å². The van der Waals surface area contributed by atoms with E-state index in [1.807, 2.05) is 6.07 Å². The largest absolute Gasteiger partial charge is 0.384 e. The van der Waals surface area contributed by atoms with E-state index in [0.717, 1.165) is 18.0 Å². The van der Waals surface area contributed by atoms with Gasteiger partial charge in [0.2, 0.25) is 0 Å². The van der Waals surface area contributed by atoms with E-state index >= 15 is 0 Å². The van der Waals surface area contributed by atoms with Crippen LogP contribution in [0.25, 0.3) is 0 Å². The molecule has 0 amide bonds. The molecule has 1 aromatic heterocycles. The summed E-state index contributed by atoms with van der Waals surface area (Å²) in [5.74, 6) is 6.60. The molecule has 2 heterocycles. The molecule has 1 fully saturated rings. The van der Waals surface area contributed by atoms with Gasteiger partial charge in [-0.25, -0.2) is 0 Å². The van der Waals surface area contributed by atoms with E-state index in [4.69, 9.17) is 5.11 Å². The van der Waals surface area contributed by atoms with E-state index in [0.29, 0.717) is 0 Å². The number of hydrogen-bond donors (Lipinski definition) is 1. The summed E-state index contributed by atoms with van der Waals surface area (Å²) in [6.45, 7) is 4.51. The monoisotopic (exact) mass is 292 g/mol. The summed E-state index contributed by atoms with van der Waals surface area (Å²) in [6.07, 6.45) is 2.62. The first-order valence-corrected chi connectivity index (χ1v) is 8.10. The second kappa shape index (κ2) is 7.80. The number of aliphatic hydroxyl groups is 1. The number of nitrogens with zero attached hydrogens (tertiary/aromatic N) is 2. The van der Waals surface area contributed by atoms with Crippen LogP contribution >= 0.6 is 11.3 Å². The summed E-state index contributed by atoms with van der Waals surface area (Å²) in [7, 11) is 4.40. The molecule has 110 valence electrons. The molecule has 1 aliphatic heterocycles. The van der Waals surface area contributed by atoms with Gasteiger partial charge in [-0.2, -0.15) is 0 Å². The molecular formula is C16H24N2OS. The van der Waals surface area contributed by atoms with Crippen LogP contribution in [-0.2, 0) is 6.54 Å². The number of thiophene rings is 1. The lowest BCUT2D eigenvalue weighted by Gasteiger charge is -2.31. The second-order valence-electron chi connectivity index (χ2n) is 5.66. The van der Waals surface area contributed by atoms with Crippen molar-refractivity contribution in [2.24, 2.45) is 5.92 Å². The smallest absolute Gasteiger partial charge is 0.104 e. The Morgan fingerprint density at radius 2 is 2.20 bits per heavy atom. The first kappa shape index (κ1) is 15.5. The van der Waals surface area contributed by atoms with Gasteiger partial charge in [0.25, 0.3) is 0 Å². The number of piperidine rings is 1. The van der Waals surface area contributed by atoms with Gasteiger partial charge < -0.3 is 14.9 Å². The van der Waals surface area contributed by atoms with Gasteiger partial charge in [-0.15, -0.1) is 11.3 Å². The van der Waals surface area contributed by atoms with Gasteiger partial charge in [-0.05, 0) is 57.4 Å². The molecule has 2 rings (SSSR count). The molecule has 0 unspecified atom stereocenters. The first-order valence-electron chi connectivity index (χ1n) is 7.22. The van der Waals surface area contributed by atoms with Crippen LogP contribution in [-0.4, -0.2) is 55.2 Å². The third-order valence-corrected chi connectivity index (χ3v) is 4.77. The molecule has 0 aliphatic carbocycles. The van der Waals surface area contributed by atoms with Crippen molar-refractivity contribution in [3.8, 4) is 11.8 Å². The van der Waals surface area contributed by atoms with Crippen molar-refractivity contribution in [3.05, 3.63) is 21.9 Å². The Hall–Kier alpha value is -0.860. The van der Waals surface area contributed by atoms with Crippen molar-refractivity contribution in [3.63, 3.8) is 0 Å². The second-order valence-corrected chi connectivity index (χ2v) is 6.66. The number of rotatable bonds is 4. The summed E-state index contributed by atoms with van der Waals surface area (Å²) in [5.41, 5.74) is 1.07. The van der Waals surface area contributed by atoms with E-state index in [2.05, 4.69) is 41.1 Å². The summed E-state index contributed by atoms with van der Waals surface area (Å²) in [4.78, 5) is 6.13. The zero-order chi connectivity index (χ0) is 14.4. The van der Waals surface area contributed by atoms with Crippen LogP contribution in [0.1, 0.15) is 23.3 Å². The summed E-state index contributed by atoms with van der Waals surface area (Å²) < 4.78 is 0.